The van der Waals surface area contributed by atoms with E-state index in [2.05, 4.69) is 48.4 Å². The maximum atomic E-state index is 13.5. The number of benzene rings is 3. The molecule has 0 radical (unpaired) electrons. The van der Waals surface area contributed by atoms with Crippen LogP contribution in [-0.4, -0.2) is 10.8 Å². The summed E-state index contributed by atoms with van der Waals surface area (Å²) in [5, 5.41) is 4.61. The highest BCUT2D eigenvalue weighted by molar-refractivity contribution is 6.00. The third-order valence-electron chi connectivity index (χ3n) is 5.95. The number of aromatic nitrogens is 1. The van der Waals surface area contributed by atoms with Crippen molar-refractivity contribution in [2.24, 2.45) is 22.2 Å². The predicted octanol–water partition coefficient (Wildman–Crippen LogP) is 5.21. The normalized spacial score (nSPS) is 13.0. The molecule has 4 aromatic rings. The van der Waals surface area contributed by atoms with Gasteiger partial charge in [-0.2, -0.15) is 5.10 Å². The van der Waals surface area contributed by atoms with Crippen LogP contribution >= 0.6 is 0 Å². The van der Waals surface area contributed by atoms with E-state index >= 15 is 0 Å². The molecule has 1 aromatic heterocycles. The molecule has 0 fully saturated rings. The van der Waals surface area contributed by atoms with Crippen LogP contribution in [0.2, 0.25) is 0 Å². The molecule has 1 unspecified atom stereocenters. The zero-order chi connectivity index (χ0) is 25.0. The first-order valence-electron chi connectivity index (χ1n) is 11.4. The molecule has 0 spiro atoms. The molecule has 7 heteroatoms. The first kappa shape index (κ1) is 24.2. The molecule has 0 amide bonds. The number of rotatable bonds is 6. The number of nitrogens with one attached hydrogen (secondary N) is 1. The van der Waals surface area contributed by atoms with Crippen molar-refractivity contribution < 1.29 is 9.13 Å². The smallest absolute Gasteiger partial charge is 0.167 e. The SMILES string of the molecule is CC(C)(C)C(c1ccccc1)c1cc(OCc2ccc3cc(F)ccc3n2)ccc1/C(=N/N)NN. The Balaban J connectivity index is 1.71. The van der Waals surface area contributed by atoms with Crippen LogP contribution < -0.4 is 21.8 Å². The van der Waals surface area contributed by atoms with Crippen molar-refractivity contribution in [3.63, 3.8) is 0 Å². The van der Waals surface area contributed by atoms with Crippen LogP contribution in [0.5, 0.6) is 5.75 Å². The number of hydrazone groups is 1. The number of ether oxygens (including phenoxy) is 1. The number of amidine groups is 1. The Morgan fingerprint density at radius 2 is 1.80 bits per heavy atom. The summed E-state index contributed by atoms with van der Waals surface area (Å²) >= 11 is 0. The van der Waals surface area contributed by atoms with Crippen LogP contribution in [0, 0.1) is 11.2 Å². The van der Waals surface area contributed by atoms with Gasteiger partial charge in [0, 0.05) is 16.9 Å². The minimum Gasteiger partial charge on any atom is -0.487 e. The lowest BCUT2D eigenvalue weighted by molar-refractivity contribution is 0.300. The highest BCUT2D eigenvalue weighted by Gasteiger charge is 2.31. The Morgan fingerprint density at radius 3 is 2.49 bits per heavy atom. The van der Waals surface area contributed by atoms with Crippen molar-refractivity contribution in [2.45, 2.75) is 33.3 Å². The number of hydrogen-bond donors (Lipinski definition) is 3. The summed E-state index contributed by atoms with van der Waals surface area (Å²) in [4.78, 5) is 4.59. The van der Waals surface area contributed by atoms with Gasteiger partial charge < -0.3 is 16.0 Å². The van der Waals surface area contributed by atoms with Gasteiger partial charge in [-0.15, -0.1) is 0 Å². The topological polar surface area (TPSA) is 98.5 Å². The number of nitrogens with zero attached hydrogens (tertiary/aromatic N) is 2. The van der Waals surface area contributed by atoms with Crippen LogP contribution in [-0.2, 0) is 6.61 Å². The zero-order valence-corrected chi connectivity index (χ0v) is 20.1. The van der Waals surface area contributed by atoms with E-state index in [1.165, 1.54) is 12.1 Å². The van der Waals surface area contributed by atoms with E-state index in [0.29, 0.717) is 11.6 Å². The molecule has 4 rings (SSSR count). The van der Waals surface area contributed by atoms with Gasteiger partial charge >= 0.3 is 0 Å². The van der Waals surface area contributed by atoms with Crippen molar-refractivity contribution in [2.75, 3.05) is 0 Å². The number of hydrazine groups is 1. The Kier molecular flexibility index (Phi) is 6.98. The summed E-state index contributed by atoms with van der Waals surface area (Å²) in [6, 6.07) is 24.3. The molecule has 35 heavy (non-hydrogen) atoms. The lowest BCUT2D eigenvalue weighted by Crippen LogP contribution is -2.34. The van der Waals surface area contributed by atoms with Crippen molar-refractivity contribution in [1.29, 1.82) is 0 Å². The minimum atomic E-state index is -0.282. The molecule has 6 nitrogen and oxygen atoms in total. The van der Waals surface area contributed by atoms with Gasteiger partial charge in [-0.25, -0.2) is 15.2 Å². The van der Waals surface area contributed by atoms with E-state index in [1.807, 2.05) is 48.5 Å². The predicted molar refractivity (Wildman–Crippen MR) is 138 cm³/mol. The van der Waals surface area contributed by atoms with Gasteiger partial charge in [-0.3, -0.25) is 0 Å². The molecule has 180 valence electrons. The molecule has 0 aliphatic rings. The lowest BCUT2D eigenvalue weighted by Gasteiger charge is -2.33. The van der Waals surface area contributed by atoms with E-state index in [4.69, 9.17) is 16.4 Å². The van der Waals surface area contributed by atoms with E-state index in [9.17, 15) is 4.39 Å². The second kappa shape index (κ2) is 10.1. The Morgan fingerprint density at radius 1 is 1.03 bits per heavy atom. The third-order valence-corrected chi connectivity index (χ3v) is 5.95. The molecular formula is C28H30FN5O. The van der Waals surface area contributed by atoms with Crippen molar-refractivity contribution in [3.8, 4) is 5.75 Å². The molecule has 5 N–H and O–H groups in total. The van der Waals surface area contributed by atoms with Crippen molar-refractivity contribution in [1.82, 2.24) is 10.4 Å². The number of pyridine rings is 1. The van der Waals surface area contributed by atoms with Crippen LogP contribution in [0.3, 0.4) is 0 Å². The van der Waals surface area contributed by atoms with Gasteiger partial charge in [0.15, 0.2) is 5.84 Å². The summed E-state index contributed by atoms with van der Waals surface area (Å²) in [6.45, 7) is 6.85. The fourth-order valence-corrected chi connectivity index (χ4v) is 4.44. The van der Waals surface area contributed by atoms with E-state index in [-0.39, 0.29) is 23.8 Å². The first-order valence-corrected chi connectivity index (χ1v) is 11.4. The molecule has 0 bridgehead atoms. The Bertz CT molecular complexity index is 1350. The zero-order valence-electron chi connectivity index (χ0n) is 20.1. The molecule has 0 saturated carbocycles. The number of nitrogens with two attached hydrogens (primary N) is 2. The van der Waals surface area contributed by atoms with Crippen LogP contribution in [0.4, 0.5) is 4.39 Å². The number of fused-ring (bicyclic) bond motifs is 1. The summed E-state index contributed by atoms with van der Waals surface area (Å²) in [7, 11) is 0. The molecule has 3 aromatic carbocycles. The van der Waals surface area contributed by atoms with Gasteiger partial charge in [-0.05, 0) is 59.0 Å². The molecular weight excluding hydrogens is 441 g/mol. The maximum absolute atomic E-state index is 13.5. The van der Waals surface area contributed by atoms with Crippen LogP contribution in [0.15, 0.2) is 84.0 Å². The molecule has 1 atom stereocenters. The highest BCUT2D eigenvalue weighted by atomic mass is 19.1. The number of halogens is 1. The molecule has 0 aliphatic heterocycles. The molecule has 1 heterocycles. The average Bonchev–Trinajstić information content (AvgIpc) is 2.84. The Labute approximate surface area is 204 Å². The first-order chi connectivity index (χ1) is 16.8. The molecule has 0 saturated heterocycles. The van der Waals surface area contributed by atoms with E-state index in [0.717, 1.165) is 33.3 Å². The van der Waals surface area contributed by atoms with Crippen molar-refractivity contribution in [3.05, 3.63) is 107 Å². The highest BCUT2D eigenvalue weighted by Crippen LogP contribution is 2.43. The average molecular weight is 472 g/mol. The second-order valence-corrected chi connectivity index (χ2v) is 9.51. The van der Waals surface area contributed by atoms with Crippen LogP contribution in [0.1, 0.15) is 49.1 Å². The fourth-order valence-electron chi connectivity index (χ4n) is 4.44. The summed E-state index contributed by atoms with van der Waals surface area (Å²) in [6.07, 6.45) is 0. The quantitative estimate of drug-likeness (QED) is 0.155. The van der Waals surface area contributed by atoms with Crippen molar-refractivity contribution >= 4 is 16.7 Å². The van der Waals surface area contributed by atoms with Gasteiger partial charge in [0.25, 0.3) is 0 Å². The van der Waals surface area contributed by atoms with E-state index < -0.39 is 0 Å². The summed E-state index contributed by atoms with van der Waals surface area (Å²) in [5.74, 6) is 12.2. The summed E-state index contributed by atoms with van der Waals surface area (Å²) < 4.78 is 19.6. The van der Waals surface area contributed by atoms with Gasteiger partial charge in [-0.1, -0.05) is 57.2 Å². The third kappa shape index (κ3) is 5.41. The monoisotopic (exact) mass is 471 g/mol. The summed E-state index contributed by atoms with van der Waals surface area (Å²) in [5.41, 5.74) is 6.91. The van der Waals surface area contributed by atoms with Crippen LogP contribution in [0.25, 0.3) is 10.9 Å². The number of hydrogen-bond acceptors (Lipinski definition) is 5. The fraction of sp³-hybridized carbons (Fsp3) is 0.214. The second-order valence-electron chi connectivity index (χ2n) is 9.51. The van der Waals surface area contributed by atoms with Gasteiger partial charge in [0.05, 0.1) is 11.2 Å². The van der Waals surface area contributed by atoms with E-state index in [1.54, 1.807) is 6.07 Å². The van der Waals surface area contributed by atoms with Gasteiger partial charge in [0.2, 0.25) is 0 Å². The molecule has 0 aliphatic carbocycles. The largest absolute Gasteiger partial charge is 0.487 e. The standard InChI is InChI=1S/C28H30FN5O/c1-28(2,3)26(18-7-5-4-6-8-18)24-16-22(12-13-23(24)27(33-30)34-31)35-17-21-11-9-19-15-20(29)10-14-25(19)32-21/h4-16,26H,17,30-31H2,1-3H3,(H,33,34). The minimum absolute atomic E-state index is 0.0149. The lowest BCUT2D eigenvalue weighted by atomic mass is 9.71. The Hall–Kier alpha value is -3.97. The van der Waals surface area contributed by atoms with Gasteiger partial charge in [0.1, 0.15) is 18.2 Å². The maximum Gasteiger partial charge on any atom is 0.167 e.